The van der Waals surface area contributed by atoms with Crippen molar-refractivity contribution < 1.29 is 4.39 Å². The van der Waals surface area contributed by atoms with Crippen LogP contribution in [0, 0.1) is 11.7 Å². The molecule has 4 N–H and O–H groups in total. The predicted molar refractivity (Wildman–Crippen MR) is 99.1 cm³/mol. The fraction of sp³-hybridized carbons (Fsp3) is 0.471. The second-order valence-corrected chi connectivity index (χ2v) is 6.69. The first-order valence-corrected chi connectivity index (χ1v) is 8.95. The van der Waals surface area contributed by atoms with E-state index in [4.69, 9.17) is 0 Å². The van der Waals surface area contributed by atoms with E-state index in [9.17, 15) is 4.39 Å². The monoisotopic (exact) mass is 358 g/mol. The van der Waals surface area contributed by atoms with E-state index >= 15 is 0 Å². The number of halogens is 1. The van der Waals surface area contributed by atoms with Crippen molar-refractivity contribution in [2.75, 3.05) is 23.7 Å². The summed E-state index contributed by atoms with van der Waals surface area (Å²) in [5.74, 6) is 1.01. The fourth-order valence-electron chi connectivity index (χ4n) is 3.24. The first-order valence-electron chi connectivity index (χ1n) is 8.95. The molecular weight excluding hydrogens is 335 g/mol. The van der Waals surface area contributed by atoms with E-state index in [0.717, 1.165) is 31.7 Å². The zero-order valence-electron chi connectivity index (χ0n) is 14.9. The van der Waals surface area contributed by atoms with Crippen LogP contribution in [-0.2, 0) is 6.54 Å². The molecule has 0 bridgehead atoms. The lowest BCUT2D eigenvalue weighted by molar-refractivity contribution is 0.366. The van der Waals surface area contributed by atoms with Gasteiger partial charge in [-0.2, -0.15) is 15.1 Å². The zero-order valence-corrected chi connectivity index (χ0v) is 14.9. The Labute approximate surface area is 150 Å². The number of nitrogens with one attached hydrogen (secondary N) is 4. The Morgan fingerprint density at radius 2 is 2.27 bits per heavy atom. The van der Waals surface area contributed by atoms with Crippen LogP contribution in [0.1, 0.15) is 20.3 Å². The number of hydrogen-bond donors (Lipinski definition) is 4. The molecule has 138 valence electrons. The number of aryl methyl sites for hydroxylation is 1. The molecule has 4 heterocycles. The largest absolute Gasteiger partial charge is 0.365 e. The molecule has 1 aliphatic rings. The average Bonchev–Trinajstić information content (AvgIpc) is 3.24. The van der Waals surface area contributed by atoms with E-state index in [2.05, 4.69) is 42.9 Å². The van der Waals surface area contributed by atoms with E-state index < -0.39 is 0 Å². The number of fused-ring (bicyclic) bond motifs is 1. The van der Waals surface area contributed by atoms with E-state index in [1.807, 2.05) is 17.8 Å². The van der Waals surface area contributed by atoms with Gasteiger partial charge in [0.1, 0.15) is 11.5 Å². The van der Waals surface area contributed by atoms with Crippen molar-refractivity contribution in [3.8, 4) is 0 Å². The molecule has 1 fully saturated rings. The lowest BCUT2D eigenvalue weighted by Gasteiger charge is -2.30. The molecule has 0 unspecified atom stereocenters. The number of aromatic nitrogens is 5. The molecule has 0 radical (unpaired) electrons. The van der Waals surface area contributed by atoms with E-state index in [1.54, 1.807) is 6.20 Å². The van der Waals surface area contributed by atoms with Gasteiger partial charge < -0.3 is 20.9 Å². The highest BCUT2D eigenvalue weighted by atomic mass is 19.1. The van der Waals surface area contributed by atoms with E-state index in [0.29, 0.717) is 28.7 Å². The number of aromatic amines is 1. The molecule has 3 aromatic heterocycles. The van der Waals surface area contributed by atoms with Gasteiger partial charge in [0.25, 0.3) is 0 Å². The summed E-state index contributed by atoms with van der Waals surface area (Å²) >= 11 is 0. The minimum absolute atomic E-state index is 0.187. The summed E-state index contributed by atoms with van der Waals surface area (Å²) in [7, 11) is 0. The molecule has 1 saturated heterocycles. The van der Waals surface area contributed by atoms with Gasteiger partial charge in [0.05, 0.1) is 17.3 Å². The molecule has 0 aromatic carbocycles. The van der Waals surface area contributed by atoms with Crippen LogP contribution in [0.4, 0.5) is 21.8 Å². The molecule has 26 heavy (non-hydrogen) atoms. The maximum Gasteiger partial charge on any atom is 0.231 e. The predicted octanol–water partition coefficient (Wildman–Crippen LogP) is 2.47. The molecule has 0 amide bonds. The highest BCUT2D eigenvalue weighted by Gasteiger charge is 2.23. The normalized spacial score (nSPS) is 20.4. The Balaban J connectivity index is 1.66. The lowest BCUT2D eigenvalue weighted by Crippen LogP contribution is -2.44. The number of nitrogens with zero attached hydrogens (tertiary/aromatic N) is 4. The molecule has 2 atom stereocenters. The maximum atomic E-state index is 14.3. The van der Waals surface area contributed by atoms with Crippen LogP contribution in [0.2, 0.25) is 0 Å². The standard InChI is InChI=1S/C17H23FN8/c1-3-26-9-11(6-21-26)22-17-24-15-14(12(18)7-20-15)16(25-17)23-13-8-19-5-4-10(13)2/h6-7,9-10,13,19H,3-5,8H2,1-2H3,(H3,20,22,23,24,25)/t10-,13+/m1/s1. The fourth-order valence-corrected chi connectivity index (χ4v) is 3.24. The van der Waals surface area contributed by atoms with E-state index in [1.165, 1.54) is 6.20 Å². The highest BCUT2D eigenvalue weighted by Crippen LogP contribution is 2.27. The van der Waals surface area contributed by atoms with Gasteiger partial charge in [-0.15, -0.1) is 0 Å². The summed E-state index contributed by atoms with van der Waals surface area (Å²) < 4.78 is 16.1. The quantitative estimate of drug-likeness (QED) is 0.560. The van der Waals surface area contributed by atoms with Gasteiger partial charge in [-0.1, -0.05) is 6.92 Å². The number of piperidine rings is 1. The summed E-state index contributed by atoms with van der Waals surface area (Å²) in [6, 6.07) is 0.187. The Hall–Kier alpha value is -2.68. The van der Waals surface area contributed by atoms with Gasteiger partial charge in [0.2, 0.25) is 5.95 Å². The zero-order chi connectivity index (χ0) is 18.1. The van der Waals surface area contributed by atoms with Crippen LogP contribution >= 0.6 is 0 Å². The first kappa shape index (κ1) is 16.8. The number of hydrogen-bond acceptors (Lipinski definition) is 6. The SMILES string of the molecule is CCn1cc(Nc2nc(N[C@H]3CNCC[C@H]3C)c3c(F)c[nH]c3n2)cn1. The molecule has 0 spiro atoms. The summed E-state index contributed by atoms with van der Waals surface area (Å²) in [6.07, 6.45) is 5.98. The van der Waals surface area contributed by atoms with Crippen molar-refractivity contribution in [3.63, 3.8) is 0 Å². The number of anilines is 3. The van der Waals surface area contributed by atoms with Crippen molar-refractivity contribution >= 4 is 28.5 Å². The van der Waals surface area contributed by atoms with Crippen molar-refractivity contribution in [1.29, 1.82) is 0 Å². The molecule has 1 aliphatic heterocycles. The lowest BCUT2D eigenvalue weighted by atomic mass is 9.95. The van der Waals surface area contributed by atoms with Crippen LogP contribution in [0.3, 0.4) is 0 Å². The average molecular weight is 358 g/mol. The van der Waals surface area contributed by atoms with Gasteiger partial charge >= 0.3 is 0 Å². The molecule has 9 heteroatoms. The Morgan fingerprint density at radius 1 is 1.38 bits per heavy atom. The van der Waals surface area contributed by atoms with Crippen LogP contribution in [-0.4, -0.2) is 43.9 Å². The van der Waals surface area contributed by atoms with Crippen molar-refractivity contribution in [3.05, 3.63) is 24.4 Å². The Bertz CT molecular complexity index is 901. The van der Waals surface area contributed by atoms with Crippen molar-refractivity contribution in [2.45, 2.75) is 32.9 Å². The van der Waals surface area contributed by atoms with Gasteiger partial charge in [-0.05, 0) is 25.8 Å². The molecule has 8 nitrogen and oxygen atoms in total. The first-order chi connectivity index (χ1) is 12.6. The van der Waals surface area contributed by atoms with Gasteiger partial charge in [0, 0.05) is 31.5 Å². The molecular formula is C17H23FN8. The van der Waals surface area contributed by atoms with Crippen LogP contribution in [0.5, 0.6) is 0 Å². The van der Waals surface area contributed by atoms with Gasteiger partial charge in [-0.3, -0.25) is 4.68 Å². The smallest absolute Gasteiger partial charge is 0.231 e. The summed E-state index contributed by atoms with van der Waals surface area (Å²) in [6.45, 7) is 6.82. The molecule has 3 aromatic rings. The third-order valence-corrected chi connectivity index (χ3v) is 4.85. The minimum Gasteiger partial charge on any atom is -0.365 e. The Morgan fingerprint density at radius 3 is 3.04 bits per heavy atom. The van der Waals surface area contributed by atoms with E-state index in [-0.39, 0.29) is 11.9 Å². The van der Waals surface area contributed by atoms with Crippen molar-refractivity contribution in [2.24, 2.45) is 5.92 Å². The summed E-state index contributed by atoms with van der Waals surface area (Å²) in [5, 5.41) is 14.5. The highest BCUT2D eigenvalue weighted by molar-refractivity contribution is 5.89. The van der Waals surface area contributed by atoms with Gasteiger partial charge in [-0.25, -0.2) is 4.39 Å². The maximum absolute atomic E-state index is 14.3. The molecule has 0 aliphatic carbocycles. The van der Waals surface area contributed by atoms with Gasteiger partial charge in [0.15, 0.2) is 5.82 Å². The van der Waals surface area contributed by atoms with Crippen LogP contribution < -0.4 is 16.0 Å². The molecule has 4 rings (SSSR count). The molecule has 0 saturated carbocycles. The summed E-state index contributed by atoms with van der Waals surface area (Å²) in [5.41, 5.74) is 1.25. The number of H-pyrrole nitrogens is 1. The van der Waals surface area contributed by atoms with Crippen LogP contribution in [0.25, 0.3) is 11.0 Å². The summed E-state index contributed by atoms with van der Waals surface area (Å²) in [4.78, 5) is 11.8. The minimum atomic E-state index is -0.357. The number of rotatable bonds is 5. The third-order valence-electron chi connectivity index (χ3n) is 4.85. The van der Waals surface area contributed by atoms with Crippen LogP contribution in [0.15, 0.2) is 18.6 Å². The second kappa shape index (κ2) is 6.91. The topological polar surface area (TPSA) is 95.5 Å². The third kappa shape index (κ3) is 3.22. The second-order valence-electron chi connectivity index (χ2n) is 6.69. The van der Waals surface area contributed by atoms with Crippen molar-refractivity contribution in [1.82, 2.24) is 30.0 Å². The Kier molecular flexibility index (Phi) is 4.46.